The Morgan fingerprint density at radius 3 is 2.40 bits per heavy atom. The van der Waals surface area contributed by atoms with Gasteiger partial charge in [0.15, 0.2) is 0 Å². The SMILES string of the molecule is CCOC1(C)C=C(O)CC(C)(OCC)C1. The van der Waals surface area contributed by atoms with E-state index >= 15 is 0 Å². The van der Waals surface area contributed by atoms with Gasteiger partial charge in [-0.15, -0.1) is 0 Å². The van der Waals surface area contributed by atoms with Crippen molar-refractivity contribution >= 4 is 0 Å². The molecule has 1 aliphatic carbocycles. The molecule has 0 saturated heterocycles. The molecule has 88 valence electrons. The Balaban J connectivity index is 2.82. The molecule has 0 radical (unpaired) electrons. The third kappa shape index (κ3) is 3.21. The third-order valence-corrected chi connectivity index (χ3v) is 2.72. The van der Waals surface area contributed by atoms with Gasteiger partial charge in [0.05, 0.1) is 17.0 Å². The highest BCUT2D eigenvalue weighted by molar-refractivity contribution is 5.14. The largest absolute Gasteiger partial charge is 0.512 e. The summed E-state index contributed by atoms with van der Waals surface area (Å²) >= 11 is 0. The van der Waals surface area contributed by atoms with Crippen molar-refractivity contribution in [3.63, 3.8) is 0 Å². The van der Waals surface area contributed by atoms with Crippen molar-refractivity contribution in [1.82, 2.24) is 0 Å². The van der Waals surface area contributed by atoms with E-state index in [0.29, 0.717) is 25.4 Å². The lowest BCUT2D eigenvalue weighted by Crippen LogP contribution is -2.44. The molecular formula is C12H22O3. The second-order valence-electron chi connectivity index (χ2n) is 4.62. The number of rotatable bonds is 4. The minimum absolute atomic E-state index is 0.308. The highest BCUT2D eigenvalue weighted by Crippen LogP contribution is 2.37. The van der Waals surface area contributed by atoms with Crippen molar-refractivity contribution in [3.05, 3.63) is 11.8 Å². The lowest BCUT2D eigenvalue weighted by molar-refractivity contribution is -0.105. The molecule has 15 heavy (non-hydrogen) atoms. The lowest BCUT2D eigenvalue weighted by Gasteiger charge is -2.41. The van der Waals surface area contributed by atoms with Gasteiger partial charge in [0.1, 0.15) is 0 Å². The maximum atomic E-state index is 9.73. The molecule has 0 aromatic rings. The van der Waals surface area contributed by atoms with E-state index in [9.17, 15) is 5.11 Å². The molecule has 0 aromatic carbocycles. The molecule has 0 aromatic heterocycles. The Morgan fingerprint density at radius 1 is 1.27 bits per heavy atom. The van der Waals surface area contributed by atoms with Crippen LogP contribution in [0.15, 0.2) is 11.8 Å². The van der Waals surface area contributed by atoms with Crippen LogP contribution in [-0.4, -0.2) is 29.5 Å². The van der Waals surface area contributed by atoms with Crippen LogP contribution in [0.4, 0.5) is 0 Å². The lowest BCUT2D eigenvalue weighted by atomic mass is 9.80. The van der Waals surface area contributed by atoms with Gasteiger partial charge >= 0.3 is 0 Å². The standard InChI is InChI=1S/C12H22O3/c1-5-14-11(3)7-10(13)8-12(4,9-11)15-6-2/h7,13H,5-6,8-9H2,1-4H3. The summed E-state index contributed by atoms with van der Waals surface area (Å²) < 4.78 is 11.4. The first-order chi connectivity index (χ1) is 6.93. The summed E-state index contributed by atoms with van der Waals surface area (Å²) in [6.07, 6.45) is 3.16. The van der Waals surface area contributed by atoms with E-state index in [1.807, 2.05) is 27.7 Å². The van der Waals surface area contributed by atoms with Crippen molar-refractivity contribution < 1.29 is 14.6 Å². The smallest absolute Gasteiger partial charge is 0.0940 e. The molecule has 1 N–H and O–H groups in total. The van der Waals surface area contributed by atoms with Crippen LogP contribution in [0.3, 0.4) is 0 Å². The van der Waals surface area contributed by atoms with Gasteiger partial charge in [-0.25, -0.2) is 0 Å². The fraction of sp³-hybridized carbons (Fsp3) is 0.833. The van der Waals surface area contributed by atoms with E-state index in [2.05, 4.69) is 0 Å². The summed E-state index contributed by atoms with van der Waals surface area (Å²) in [4.78, 5) is 0. The zero-order chi connectivity index (χ0) is 11.5. The first kappa shape index (κ1) is 12.5. The van der Waals surface area contributed by atoms with E-state index in [4.69, 9.17) is 9.47 Å². The second kappa shape index (κ2) is 4.54. The van der Waals surface area contributed by atoms with Gasteiger partial charge in [0, 0.05) is 26.1 Å². The minimum atomic E-state index is -0.402. The molecular weight excluding hydrogens is 192 g/mol. The molecule has 0 spiro atoms. The van der Waals surface area contributed by atoms with Gasteiger partial charge in [-0.2, -0.15) is 0 Å². The van der Waals surface area contributed by atoms with E-state index in [1.165, 1.54) is 0 Å². The van der Waals surface area contributed by atoms with Crippen LogP contribution in [0.2, 0.25) is 0 Å². The summed E-state index contributed by atoms with van der Waals surface area (Å²) in [5.74, 6) is 0.369. The quantitative estimate of drug-likeness (QED) is 0.782. The second-order valence-corrected chi connectivity index (χ2v) is 4.62. The van der Waals surface area contributed by atoms with Crippen LogP contribution in [0, 0.1) is 0 Å². The van der Waals surface area contributed by atoms with Crippen molar-refractivity contribution in [2.45, 2.75) is 51.7 Å². The fourth-order valence-corrected chi connectivity index (χ4v) is 2.52. The Labute approximate surface area is 92.1 Å². The Kier molecular flexibility index (Phi) is 3.79. The zero-order valence-corrected chi connectivity index (χ0v) is 10.2. The number of hydrogen-bond acceptors (Lipinski definition) is 3. The molecule has 3 heteroatoms. The fourth-order valence-electron chi connectivity index (χ4n) is 2.52. The molecule has 1 rings (SSSR count). The molecule has 2 unspecified atom stereocenters. The van der Waals surface area contributed by atoms with Crippen molar-refractivity contribution in [2.75, 3.05) is 13.2 Å². The van der Waals surface area contributed by atoms with E-state index in [-0.39, 0.29) is 5.60 Å². The minimum Gasteiger partial charge on any atom is -0.512 e. The van der Waals surface area contributed by atoms with Crippen molar-refractivity contribution in [2.24, 2.45) is 0 Å². The highest BCUT2D eigenvalue weighted by atomic mass is 16.5. The average Bonchev–Trinajstić information content (AvgIpc) is 1.99. The molecule has 0 fully saturated rings. The maximum Gasteiger partial charge on any atom is 0.0940 e. The monoisotopic (exact) mass is 214 g/mol. The van der Waals surface area contributed by atoms with Gasteiger partial charge in [-0.1, -0.05) is 0 Å². The third-order valence-electron chi connectivity index (χ3n) is 2.72. The topological polar surface area (TPSA) is 38.7 Å². The van der Waals surface area contributed by atoms with Gasteiger partial charge in [0.2, 0.25) is 0 Å². The normalized spacial score (nSPS) is 36.4. The van der Waals surface area contributed by atoms with Gasteiger partial charge in [0.25, 0.3) is 0 Å². The molecule has 3 nitrogen and oxygen atoms in total. The molecule has 1 aliphatic rings. The van der Waals surface area contributed by atoms with E-state index in [1.54, 1.807) is 6.08 Å². The Morgan fingerprint density at radius 2 is 1.87 bits per heavy atom. The van der Waals surface area contributed by atoms with Crippen LogP contribution in [0.25, 0.3) is 0 Å². The number of ether oxygens (including phenoxy) is 2. The number of aliphatic hydroxyl groups excluding tert-OH is 1. The summed E-state index contributed by atoms with van der Waals surface area (Å²) in [5.41, 5.74) is -0.710. The summed E-state index contributed by atoms with van der Waals surface area (Å²) in [6, 6.07) is 0. The van der Waals surface area contributed by atoms with Crippen LogP contribution in [-0.2, 0) is 9.47 Å². The molecule has 0 saturated carbocycles. The van der Waals surface area contributed by atoms with Gasteiger partial charge < -0.3 is 14.6 Å². The Bertz CT molecular complexity index is 249. The number of aliphatic hydroxyl groups is 1. The van der Waals surface area contributed by atoms with E-state index < -0.39 is 5.60 Å². The molecule has 0 aliphatic heterocycles. The van der Waals surface area contributed by atoms with Crippen molar-refractivity contribution in [1.29, 1.82) is 0 Å². The van der Waals surface area contributed by atoms with Gasteiger partial charge in [-0.3, -0.25) is 0 Å². The van der Waals surface area contributed by atoms with Crippen molar-refractivity contribution in [3.8, 4) is 0 Å². The highest BCUT2D eigenvalue weighted by Gasteiger charge is 2.40. The molecule has 0 bridgehead atoms. The van der Waals surface area contributed by atoms with Crippen LogP contribution in [0.5, 0.6) is 0 Å². The first-order valence-electron chi connectivity index (χ1n) is 5.61. The number of hydrogen-bond donors (Lipinski definition) is 1. The summed E-state index contributed by atoms with van der Waals surface area (Å²) in [5, 5.41) is 9.73. The predicted octanol–water partition coefficient (Wildman–Crippen LogP) is 2.81. The molecule has 2 atom stereocenters. The summed E-state index contributed by atoms with van der Waals surface area (Å²) in [7, 11) is 0. The average molecular weight is 214 g/mol. The van der Waals surface area contributed by atoms with Crippen LogP contribution >= 0.6 is 0 Å². The first-order valence-corrected chi connectivity index (χ1v) is 5.61. The van der Waals surface area contributed by atoms with E-state index in [0.717, 1.165) is 6.42 Å². The summed E-state index contributed by atoms with van der Waals surface area (Å²) in [6.45, 7) is 9.25. The van der Waals surface area contributed by atoms with Crippen LogP contribution < -0.4 is 0 Å². The Hall–Kier alpha value is -0.540. The molecule has 0 amide bonds. The van der Waals surface area contributed by atoms with Crippen LogP contribution in [0.1, 0.15) is 40.5 Å². The predicted molar refractivity (Wildman–Crippen MR) is 60.0 cm³/mol. The molecule has 0 heterocycles. The van der Waals surface area contributed by atoms with Gasteiger partial charge in [-0.05, 0) is 33.8 Å². The maximum absolute atomic E-state index is 9.73. The zero-order valence-electron chi connectivity index (χ0n) is 10.2.